The molecule has 1 aromatic carbocycles. The second-order valence-corrected chi connectivity index (χ2v) is 9.63. The quantitative estimate of drug-likeness (QED) is 0.445. The summed E-state index contributed by atoms with van der Waals surface area (Å²) in [7, 11) is 1.60. The Hall–Kier alpha value is -3.45. The monoisotopic (exact) mass is 444 g/mol. The molecular weight excluding hydrogens is 420 g/mol. The van der Waals surface area contributed by atoms with Gasteiger partial charge in [-0.05, 0) is 52.2 Å². The minimum Gasteiger partial charge on any atom is -0.481 e. The number of pyridine rings is 1. The Morgan fingerprint density at radius 3 is 2.53 bits per heavy atom. The number of anilines is 1. The number of fused-ring (bicyclic) bond motifs is 1. The first-order chi connectivity index (χ1) is 15.4. The van der Waals surface area contributed by atoms with E-state index >= 15 is 0 Å². The minimum atomic E-state index is -0.388. The van der Waals surface area contributed by atoms with Crippen molar-refractivity contribution in [1.29, 1.82) is 0 Å². The van der Waals surface area contributed by atoms with Crippen LogP contribution in [0.5, 0.6) is 5.88 Å². The molecule has 1 unspecified atom stereocenters. The maximum atomic E-state index is 13.6. The molecular formula is C25H24N4O2S. The van der Waals surface area contributed by atoms with Gasteiger partial charge in [-0.1, -0.05) is 32.9 Å². The molecule has 4 aromatic rings. The van der Waals surface area contributed by atoms with Gasteiger partial charge in [-0.15, -0.1) is 0 Å². The van der Waals surface area contributed by atoms with Crippen molar-refractivity contribution in [3.8, 4) is 17.0 Å². The summed E-state index contributed by atoms with van der Waals surface area (Å²) in [6, 6.07) is 13.6. The Morgan fingerprint density at radius 1 is 1.09 bits per heavy atom. The van der Waals surface area contributed by atoms with Crippen LogP contribution in [-0.4, -0.2) is 28.2 Å². The van der Waals surface area contributed by atoms with E-state index in [1.165, 1.54) is 5.56 Å². The Balaban J connectivity index is 1.68. The molecule has 4 heterocycles. The van der Waals surface area contributed by atoms with Gasteiger partial charge in [0.15, 0.2) is 5.69 Å². The largest absolute Gasteiger partial charge is 0.481 e. The van der Waals surface area contributed by atoms with Gasteiger partial charge >= 0.3 is 0 Å². The number of rotatable bonds is 4. The molecule has 1 aliphatic rings. The molecule has 5 rings (SSSR count). The fraction of sp³-hybridized carbons (Fsp3) is 0.240. The fourth-order valence-electron chi connectivity index (χ4n) is 4.30. The number of ether oxygens (including phenoxy) is 1. The van der Waals surface area contributed by atoms with Crippen LogP contribution < -0.4 is 9.64 Å². The predicted molar refractivity (Wildman–Crippen MR) is 126 cm³/mol. The van der Waals surface area contributed by atoms with Crippen molar-refractivity contribution in [3.63, 3.8) is 0 Å². The highest BCUT2D eigenvalue weighted by atomic mass is 32.1. The van der Waals surface area contributed by atoms with Gasteiger partial charge in [-0.3, -0.25) is 14.8 Å². The number of nitrogens with zero attached hydrogens (tertiary/aromatic N) is 3. The van der Waals surface area contributed by atoms with E-state index in [0.717, 1.165) is 28.1 Å². The Bertz CT molecular complexity index is 1270. The van der Waals surface area contributed by atoms with Gasteiger partial charge in [0.1, 0.15) is 0 Å². The van der Waals surface area contributed by atoms with E-state index in [4.69, 9.17) is 4.74 Å². The molecule has 0 fully saturated rings. The third-order valence-corrected chi connectivity index (χ3v) is 6.48. The van der Waals surface area contributed by atoms with E-state index in [1.54, 1.807) is 29.5 Å². The van der Waals surface area contributed by atoms with Gasteiger partial charge in [-0.25, -0.2) is 4.98 Å². The van der Waals surface area contributed by atoms with Crippen molar-refractivity contribution in [1.82, 2.24) is 15.2 Å². The lowest BCUT2D eigenvalue weighted by molar-refractivity contribution is 0.0988. The molecule has 1 atom stereocenters. The van der Waals surface area contributed by atoms with E-state index < -0.39 is 0 Å². The lowest BCUT2D eigenvalue weighted by atomic mass is 9.85. The lowest BCUT2D eigenvalue weighted by Gasteiger charge is -2.29. The van der Waals surface area contributed by atoms with Crippen LogP contribution in [0.3, 0.4) is 0 Å². The number of methoxy groups -OCH3 is 1. The number of hydrogen-bond acceptors (Lipinski definition) is 5. The summed E-state index contributed by atoms with van der Waals surface area (Å²) in [5.41, 5.74) is 5.98. The fourth-order valence-corrected chi connectivity index (χ4v) is 4.96. The van der Waals surface area contributed by atoms with E-state index in [0.29, 0.717) is 11.6 Å². The zero-order valence-corrected chi connectivity index (χ0v) is 19.2. The van der Waals surface area contributed by atoms with E-state index in [1.807, 2.05) is 24.3 Å². The standard InChI is InChI=1S/C25H24N4O2S/c1-25(2,3)22-19-20(27-28-22)24(30)29(21(19)18-6-5-12-26-23(18)31-4)17-9-7-15(8-10-17)16-11-13-32-14-16/h5-14,21H,1-4H3,(H,27,28). The minimum absolute atomic E-state index is 0.133. The van der Waals surface area contributed by atoms with Crippen LogP contribution in [0.2, 0.25) is 0 Å². The third kappa shape index (κ3) is 3.20. The number of benzene rings is 1. The zero-order chi connectivity index (χ0) is 22.5. The van der Waals surface area contributed by atoms with Crippen molar-refractivity contribution >= 4 is 22.9 Å². The van der Waals surface area contributed by atoms with E-state index in [-0.39, 0.29) is 17.4 Å². The van der Waals surface area contributed by atoms with Crippen molar-refractivity contribution in [3.05, 3.63) is 81.9 Å². The number of carbonyl (C=O) groups is 1. The summed E-state index contributed by atoms with van der Waals surface area (Å²) in [6.45, 7) is 6.34. The summed E-state index contributed by atoms with van der Waals surface area (Å²) >= 11 is 1.67. The molecule has 3 aromatic heterocycles. The van der Waals surface area contributed by atoms with Crippen molar-refractivity contribution in [2.45, 2.75) is 32.2 Å². The number of nitrogens with one attached hydrogen (secondary N) is 1. The molecule has 6 nitrogen and oxygen atoms in total. The molecule has 162 valence electrons. The second-order valence-electron chi connectivity index (χ2n) is 8.85. The predicted octanol–water partition coefficient (Wildman–Crippen LogP) is 5.59. The summed E-state index contributed by atoms with van der Waals surface area (Å²) in [4.78, 5) is 19.8. The molecule has 32 heavy (non-hydrogen) atoms. The van der Waals surface area contributed by atoms with Crippen LogP contribution in [0, 0.1) is 0 Å². The lowest BCUT2D eigenvalue weighted by Crippen LogP contribution is -2.30. The average Bonchev–Trinajstić information content (AvgIpc) is 3.51. The molecule has 7 heteroatoms. The maximum absolute atomic E-state index is 13.6. The first-order valence-corrected chi connectivity index (χ1v) is 11.4. The van der Waals surface area contributed by atoms with Crippen LogP contribution in [-0.2, 0) is 5.41 Å². The Labute approximate surface area is 190 Å². The average molecular weight is 445 g/mol. The van der Waals surface area contributed by atoms with E-state index in [2.05, 4.69) is 64.9 Å². The number of carbonyl (C=O) groups excluding carboxylic acids is 1. The van der Waals surface area contributed by atoms with Gasteiger partial charge in [-0.2, -0.15) is 16.4 Å². The normalized spacial score (nSPS) is 15.8. The van der Waals surface area contributed by atoms with Crippen LogP contribution in [0.15, 0.2) is 59.4 Å². The van der Waals surface area contributed by atoms with Crippen molar-refractivity contribution in [2.24, 2.45) is 0 Å². The number of hydrogen-bond donors (Lipinski definition) is 1. The maximum Gasteiger partial charge on any atom is 0.280 e. The number of H-pyrrole nitrogens is 1. The molecule has 1 aliphatic heterocycles. The zero-order valence-electron chi connectivity index (χ0n) is 18.4. The van der Waals surface area contributed by atoms with Gasteiger partial charge in [0, 0.05) is 34.1 Å². The van der Waals surface area contributed by atoms with Crippen LogP contribution in [0.1, 0.15) is 54.1 Å². The van der Waals surface area contributed by atoms with Gasteiger partial charge in [0.25, 0.3) is 5.91 Å². The van der Waals surface area contributed by atoms with Gasteiger partial charge in [0.05, 0.1) is 13.2 Å². The second kappa shape index (κ2) is 7.60. The smallest absolute Gasteiger partial charge is 0.280 e. The Morgan fingerprint density at radius 2 is 1.88 bits per heavy atom. The summed E-state index contributed by atoms with van der Waals surface area (Å²) < 4.78 is 5.58. The Kier molecular flexibility index (Phi) is 4.86. The van der Waals surface area contributed by atoms with E-state index in [9.17, 15) is 4.79 Å². The summed E-state index contributed by atoms with van der Waals surface area (Å²) in [5.74, 6) is 0.366. The van der Waals surface area contributed by atoms with Crippen LogP contribution in [0.25, 0.3) is 11.1 Å². The third-order valence-electron chi connectivity index (χ3n) is 5.80. The number of aromatic amines is 1. The summed E-state index contributed by atoms with van der Waals surface area (Å²) in [6.07, 6.45) is 1.69. The van der Waals surface area contributed by atoms with Crippen LogP contribution >= 0.6 is 11.3 Å². The molecule has 0 saturated carbocycles. The van der Waals surface area contributed by atoms with Crippen LogP contribution in [0.4, 0.5) is 5.69 Å². The molecule has 0 spiro atoms. The molecule has 0 bridgehead atoms. The highest BCUT2D eigenvalue weighted by Gasteiger charge is 2.46. The molecule has 1 N–H and O–H groups in total. The van der Waals surface area contributed by atoms with Crippen molar-refractivity contribution < 1.29 is 9.53 Å². The number of thiophene rings is 1. The molecule has 1 amide bonds. The molecule has 0 saturated heterocycles. The number of amides is 1. The SMILES string of the molecule is COc1ncccc1C1c2c(n[nH]c2C(C)(C)C)C(=O)N1c1ccc(-c2ccsc2)cc1. The highest BCUT2D eigenvalue weighted by Crippen LogP contribution is 2.46. The van der Waals surface area contributed by atoms with Gasteiger partial charge in [0.2, 0.25) is 5.88 Å². The first-order valence-electron chi connectivity index (χ1n) is 10.4. The number of aromatic nitrogens is 3. The topological polar surface area (TPSA) is 71.1 Å². The first kappa shape index (κ1) is 20.5. The highest BCUT2D eigenvalue weighted by molar-refractivity contribution is 7.08. The van der Waals surface area contributed by atoms with Crippen molar-refractivity contribution in [2.75, 3.05) is 12.0 Å². The summed E-state index contributed by atoms with van der Waals surface area (Å²) in [5, 5.41) is 11.7. The molecule has 0 radical (unpaired) electrons. The van der Waals surface area contributed by atoms with Gasteiger partial charge < -0.3 is 4.74 Å². The molecule has 0 aliphatic carbocycles.